The summed E-state index contributed by atoms with van der Waals surface area (Å²) in [5.41, 5.74) is 0.994. The van der Waals surface area contributed by atoms with E-state index in [1.54, 1.807) is 13.4 Å². The number of carboxylic acid groups (broad SMARTS) is 1. The van der Waals surface area contributed by atoms with Crippen LogP contribution in [0.2, 0.25) is 0 Å². The molecular weight excluding hydrogens is 364 g/mol. The highest BCUT2D eigenvalue weighted by Gasteiger charge is 2.45. The Hall–Kier alpha value is -2.35. The van der Waals surface area contributed by atoms with Crippen LogP contribution in [0.25, 0.3) is 5.69 Å². The molecule has 7 nitrogen and oxygen atoms in total. The molecule has 1 aliphatic carbocycles. The van der Waals surface area contributed by atoms with E-state index in [1.807, 2.05) is 35.8 Å². The van der Waals surface area contributed by atoms with E-state index in [2.05, 4.69) is 10.2 Å². The van der Waals surface area contributed by atoms with Gasteiger partial charge < -0.3 is 10.0 Å². The Labute approximate surface area is 162 Å². The van der Waals surface area contributed by atoms with E-state index in [0.29, 0.717) is 18.0 Å². The van der Waals surface area contributed by atoms with Crippen LogP contribution in [0.1, 0.15) is 37.7 Å². The van der Waals surface area contributed by atoms with Gasteiger partial charge in [0, 0.05) is 12.7 Å². The minimum absolute atomic E-state index is 0.121. The number of thioether (sulfide) groups is 1. The van der Waals surface area contributed by atoms with Crippen molar-refractivity contribution in [1.82, 2.24) is 19.7 Å². The minimum atomic E-state index is -1.08. The number of amides is 1. The smallest absolute Gasteiger partial charge is 0.329 e. The molecule has 1 N–H and O–H groups in total. The van der Waals surface area contributed by atoms with Gasteiger partial charge in [0.2, 0.25) is 5.91 Å². The first kappa shape index (κ1) is 19.4. The molecule has 0 bridgehead atoms. The third-order valence-corrected chi connectivity index (χ3v) is 6.18. The lowest BCUT2D eigenvalue weighted by atomic mass is 9.80. The summed E-state index contributed by atoms with van der Waals surface area (Å²) in [5, 5.41) is 18.4. The van der Waals surface area contributed by atoms with Crippen LogP contribution in [-0.2, 0) is 9.59 Å². The maximum atomic E-state index is 12.7. The zero-order valence-electron chi connectivity index (χ0n) is 15.6. The zero-order valence-corrected chi connectivity index (χ0v) is 16.4. The number of carbonyl (C=O) groups excluding carboxylic acids is 1. The number of benzene rings is 1. The lowest BCUT2D eigenvalue weighted by molar-refractivity contribution is -0.159. The quantitative estimate of drug-likeness (QED) is 0.766. The fraction of sp³-hybridized carbons (Fsp3) is 0.474. The Bertz CT molecular complexity index is 813. The maximum absolute atomic E-state index is 12.7. The Morgan fingerprint density at radius 3 is 2.52 bits per heavy atom. The molecule has 27 heavy (non-hydrogen) atoms. The van der Waals surface area contributed by atoms with Crippen LogP contribution in [-0.4, -0.2) is 55.0 Å². The second kappa shape index (κ2) is 8.12. The summed E-state index contributed by atoms with van der Waals surface area (Å²) in [7, 11) is 1.60. The average Bonchev–Trinajstić information content (AvgIpc) is 3.15. The van der Waals surface area contributed by atoms with Crippen LogP contribution in [0.5, 0.6) is 0 Å². The Kier molecular flexibility index (Phi) is 5.84. The summed E-state index contributed by atoms with van der Waals surface area (Å²) in [6.45, 7) is 2.02. The molecule has 1 aliphatic rings. The number of hydrogen-bond donors (Lipinski definition) is 1. The maximum Gasteiger partial charge on any atom is 0.329 e. The van der Waals surface area contributed by atoms with Gasteiger partial charge in [0.1, 0.15) is 11.9 Å². The summed E-state index contributed by atoms with van der Waals surface area (Å²) in [4.78, 5) is 26.0. The SMILES string of the molecule is Cc1ccc(-n2cnnc2SCC(=O)N(C)C2(C(=O)O)CCCCC2)cc1. The fourth-order valence-corrected chi connectivity index (χ4v) is 4.34. The average molecular weight is 388 g/mol. The number of aromatic nitrogens is 3. The van der Waals surface area contributed by atoms with Crippen LogP contribution in [0.3, 0.4) is 0 Å². The highest BCUT2D eigenvalue weighted by molar-refractivity contribution is 7.99. The summed E-state index contributed by atoms with van der Waals surface area (Å²) < 4.78 is 1.82. The third-order valence-electron chi connectivity index (χ3n) is 5.25. The van der Waals surface area contributed by atoms with Crippen molar-refractivity contribution in [2.45, 2.75) is 49.7 Å². The fourth-order valence-electron chi connectivity index (χ4n) is 3.50. The van der Waals surface area contributed by atoms with Crippen molar-refractivity contribution in [3.8, 4) is 5.69 Å². The van der Waals surface area contributed by atoms with Crippen LogP contribution < -0.4 is 0 Å². The second-order valence-corrected chi connectivity index (χ2v) is 7.90. The van der Waals surface area contributed by atoms with Gasteiger partial charge in [-0.2, -0.15) is 0 Å². The Morgan fingerprint density at radius 2 is 1.89 bits per heavy atom. The van der Waals surface area contributed by atoms with Crippen molar-refractivity contribution in [3.63, 3.8) is 0 Å². The molecule has 1 amide bonds. The Morgan fingerprint density at radius 1 is 1.22 bits per heavy atom. The normalized spacial score (nSPS) is 16.1. The van der Waals surface area contributed by atoms with Gasteiger partial charge in [0.05, 0.1) is 5.75 Å². The summed E-state index contributed by atoms with van der Waals surface area (Å²) in [5.74, 6) is -0.996. The van der Waals surface area contributed by atoms with E-state index in [-0.39, 0.29) is 11.7 Å². The highest BCUT2D eigenvalue weighted by atomic mass is 32.2. The molecule has 0 unspecified atom stereocenters. The van der Waals surface area contributed by atoms with E-state index in [9.17, 15) is 14.7 Å². The molecule has 1 heterocycles. The van der Waals surface area contributed by atoms with Crippen LogP contribution in [0.15, 0.2) is 35.7 Å². The van der Waals surface area contributed by atoms with Crippen LogP contribution >= 0.6 is 11.8 Å². The van der Waals surface area contributed by atoms with Gasteiger partial charge >= 0.3 is 5.97 Å². The predicted octanol–water partition coefficient (Wildman–Crippen LogP) is 2.91. The topological polar surface area (TPSA) is 88.3 Å². The molecule has 0 aliphatic heterocycles. The molecule has 1 aromatic carbocycles. The number of aliphatic carboxylic acids is 1. The molecule has 1 fully saturated rings. The zero-order chi connectivity index (χ0) is 19.4. The van der Waals surface area contributed by atoms with Crippen molar-refractivity contribution < 1.29 is 14.7 Å². The second-order valence-electron chi connectivity index (χ2n) is 6.96. The van der Waals surface area contributed by atoms with E-state index < -0.39 is 11.5 Å². The predicted molar refractivity (Wildman–Crippen MR) is 103 cm³/mol. The molecule has 8 heteroatoms. The summed E-state index contributed by atoms with van der Waals surface area (Å²) in [6, 6.07) is 7.95. The molecule has 0 spiro atoms. The van der Waals surface area contributed by atoms with Crippen LogP contribution in [0, 0.1) is 6.92 Å². The van der Waals surface area contributed by atoms with Gasteiger partial charge in [0.25, 0.3) is 0 Å². The van der Waals surface area contributed by atoms with Gasteiger partial charge in [-0.15, -0.1) is 10.2 Å². The van der Waals surface area contributed by atoms with Crippen molar-refractivity contribution in [3.05, 3.63) is 36.2 Å². The van der Waals surface area contributed by atoms with E-state index in [1.165, 1.54) is 16.7 Å². The summed E-state index contributed by atoms with van der Waals surface area (Å²) in [6.07, 6.45) is 5.31. The molecule has 0 saturated heterocycles. The van der Waals surface area contributed by atoms with E-state index in [4.69, 9.17) is 0 Å². The monoisotopic (exact) mass is 388 g/mol. The first-order valence-corrected chi connectivity index (χ1v) is 10.0. The third kappa shape index (κ3) is 4.00. The lowest BCUT2D eigenvalue weighted by Gasteiger charge is -2.41. The molecule has 3 rings (SSSR count). The van der Waals surface area contributed by atoms with Gasteiger partial charge in [0.15, 0.2) is 5.16 Å². The van der Waals surface area contributed by atoms with Crippen molar-refractivity contribution >= 4 is 23.6 Å². The largest absolute Gasteiger partial charge is 0.479 e. The lowest BCUT2D eigenvalue weighted by Crippen LogP contribution is -2.56. The number of hydrogen-bond acceptors (Lipinski definition) is 5. The molecule has 2 aromatic rings. The molecule has 1 aromatic heterocycles. The first-order chi connectivity index (χ1) is 12.9. The highest BCUT2D eigenvalue weighted by Crippen LogP contribution is 2.34. The van der Waals surface area contributed by atoms with Crippen molar-refractivity contribution in [2.75, 3.05) is 12.8 Å². The number of carbonyl (C=O) groups is 2. The molecular formula is C19H24N4O3S. The Balaban J connectivity index is 1.70. The van der Waals surface area contributed by atoms with Gasteiger partial charge in [-0.25, -0.2) is 4.79 Å². The number of likely N-dealkylation sites (N-methyl/N-ethyl adjacent to an activating group) is 1. The number of aryl methyl sites for hydroxylation is 1. The van der Waals surface area contributed by atoms with E-state index >= 15 is 0 Å². The summed E-state index contributed by atoms with van der Waals surface area (Å²) >= 11 is 1.27. The molecule has 144 valence electrons. The first-order valence-electron chi connectivity index (χ1n) is 9.04. The van der Waals surface area contributed by atoms with Gasteiger partial charge in [-0.1, -0.05) is 48.7 Å². The van der Waals surface area contributed by atoms with Gasteiger partial charge in [-0.3, -0.25) is 9.36 Å². The number of carboxylic acids is 1. The molecule has 0 radical (unpaired) electrons. The van der Waals surface area contributed by atoms with Crippen molar-refractivity contribution in [2.24, 2.45) is 0 Å². The minimum Gasteiger partial charge on any atom is -0.479 e. The molecule has 1 saturated carbocycles. The van der Waals surface area contributed by atoms with Gasteiger partial charge in [-0.05, 0) is 31.9 Å². The van der Waals surface area contributed by atoms with Crippen molar-refractivity contribution in [1.29, 1.82) is 0 Å². The standard InChI is InChI=1S/C19H24N4O3S/c1-14-6-8-15(9-7-14)23-13-20-21-18(23)27-12-16(24)22(2)19(17(25)26)10-4-3-5-11-19/h6-9,13H,3-5,10-12H2,1-2H3,(H,25,26). The molecule has 0 atom stereocenters. The number of nitrogens with zero attached hydrogens (tertiary/aromatic N) is 4. The van der Waals surface area contributed by atoms with Crippen LogP contribution in [0.4, 0.5) is 0 Å². The van der Waals surface area contributed by atoms with E-state index in [0.717, 1.165) is 30.5 Å². The number of rotatable bonds is 6.